The van der Waals surface area contributed by atoms with Gasteiger partial charge in [-0.2, -0.15) is 0 Å². The van der Waals surface area contributed by atoms with E-state index in [-0.39, 0.29) is 11.8 Å². The van der Waals surface area contributed by atoms with Crippen molar-refractivity contribution in [3.63, 3.8) is 0 Å². The molecular weight excluding hydrogens is 326 g/mol. The normalized spacial score (nSPS) is 13.1. The zero-order chi connectivity index (χ0) is 18.3. The molecule has 0 atom stereocenters. The number of carbonyl (C=O) groups is 2. The van der Waals surface area contributed by atoms with E-state index in [9.17, 15) is 9.59 Å². The molecule has 4 heteroatoms. The number of fused-ring (bicyclic) bond motifs is 1. The van der Waals surface area contributed by atoms with E-state index in [1.807, 2.05) is 50.2 Å². The first-order chi connectivity index (χ1) is 12.5. The predicted octanol–water partition coefficient (Wildman–Crippen LogP) is 4.90. The third kappa shape index (κ3) is 2.75. The average molecular weight is 343 g/mol. The summed E-state index contributed by atoms with van der Waals surface area (Å²) in [7, 11) is 0. The molecule has 1 heterocycles. The molecule has 0 saturated heterocycles. The Bertz CT molecular complexity index is 1000. The van der Waals surface area contributed by atoms with E-state index in [0.29, 0.717) is 28.3 Å². The van der Waals surface area contributed by atoms with Crippen LogP contribution >= 0.6 is 0 Å². The highest BCUT2D eigenvalue weighted by Gasteiger charge is 2.36. The van der Waals surface area contributed by atoms with Gasteiger partial charge in [0.15, 0.2) is 0 Å². The molecule has 0 N–H and O–H groups in total. The van der Waals surface area contributed by atoms with Crippen LogP contribution in [0, 0.1) is 13.8 Å². The largest absolute Gasteiger partial charge is 0.457 e. The van der Waals surface area contributed by atoms with Crippen LogP contribution in [0.3, 0.4) is 0 Å². The number of hydrogen-bond acceptors (Lipinski definition) is 3. The summed E-state index contributed by atoms with van der Waals surface area (Å²) in [6.07, 6.45) is 0. The molecule has 0 bridgehead atoms. The van der Waals surface area contributed by atoms with Crippen molar-refractivity contribution in [3.8, 4) is 11.5 Å². The number of aryl methyl sites for hydroxylation is 2. The van der Waals surface area contributed by atoms with E-state index in [0.717, 1.165) is 11.1 Å². The fraction of sp³-hybridized carbons (Fsp3) is 0.0909. The number of nitrogens with zero attached hydrogens (tertiary/aromatic N) is 1. The molecule has 4 nitrogen and oxygen atoms in total. The Balaban J connectivity index is 1.65. The molecule has 0 spiro atoms. The predicted molar refractivity (Wildman–Crippen MR) is 100 cm³/mol. The number of benzene rings is 3. The van der Waals surface area contributed by atoms with E-state index in [1.165, 1.54) is 4.90 Å². The van der Waals surface area contributed by atoms with Crippen molar-refractivity contribution >= 4 is 17.5 Å². The molecule has 0 unspecified atom stereocenters. The standard InChI is InChI=1S/C22H17NO3/c1-14-3-7-16(8-4-14)23-21(24)19-12-11-18(13-20(19)22(23)25)26-17-9-5-15(2)6-10-17/h3-13H,1-2H3. The van der Waals surface area contributed by atoms with Gasteiger partial charge in [-0.25, -0.2) is 4.90 Å². The van der Waals surface area contributed by atoms with Gasteiger partial charge in [-0.15, -0.1) is 0 Å². The molecule has 3 aromatic carbocycles. The van der Waals surface area contributed by atoms with Gasteiger partial charge in [0, 0.05) is 0 Å². The number of imide groups is 1. The highest BCUT2D eigenvalue weighted by molar-refractivity contribution is 6.34. The summed E-state index contributed by atoms with van der Waals surface area (Å²) >= 11 is 0. The van der Waals surface area contributed by atoms with Crippen LogP contribution in [0.2, 0.25) is 0 Å². The number of rotatable bonds is 3. The number of hydrogen-bond donors (Lipinski definition) is 0. The quantitative estimate of drug-likeness (QED) is 0.636. The van der Waals surface area contributed by atoms with Gasteiger partial charge in [-0.05, 0) is 56.3 Å². The zero-order valence-electron chi connectivity index (χ0n) is 14.5. The molecule has 3 aromatic rings. The molecule has 0 aliphatic carbocycles. The summed E-state index contributed by atoms with van der Waals surface area (Å²) in [6.45, 7) is 3.96. The Morgan fingerprint density at radius 3 is 1.85 bits per heavy atom. The number of carbonyl (C=O) groups excluding carboxylic acids is 2. The summed E-state index contributed by atoms with van der Waals surface area (Å²) in [6, 6.07) is 20.0. The minimum Gasteiger partial charge on any atom is -0.457 e. The third-order valence-electron chi connectivity index (χ3n) is 4.41. The Hall–Kier alpha value is -3.40. The van der Waals surface area contributed by atoms with Gasteiger partial charge < -0.3 is 4.74 Å². The molecular formula is C22H17NO3. The van der Waals surface area contributed by atoms with Crippen molar-refractivity contribution < 1.29 is 14.3 Å². The van der Waals surface area contributed by atoms with E-state index in [4.69, 9.17) is 4.74 Å². The topological polar surface area (TPSA) is 46.6 Å². The minimum absolute atomic E-state index is 0.310. The first kappa shape index (κ1) is 16.1. The summed E-state index contributed by atoms with van der Waals surface area (Å²) in [4.78, 5) is 26.7. The van der Waals surface area contributed by atoms with E-state index in [2.05, 4.69) is 0 Å². The Labute approximate surface area is 151 Å². The van der Waals surface area contributed by atoms with Crippen LogP contribution in [0.25, 0.3) is 0 Å². The van der Waals surface area contributed by atoms with Gasteiger partial charge in [-0.1, -0.05) is 35.4 Å². The number of amides is 2. The van der Waals surface area contributed by atoms with Crippen molar-refractivity contribution in [2.45, 2.75) is 13.8 Å². The minimum atomic E-state index is -0.330. The lowest BCUT2D eigenvalue weighted by atomic mass is 10.1. The van der Waals surface area contributed by atoms with Crippen molar-refractivity contribution in [2.24, 2.45) is 0 Å². The average Bonchev–Trinajstić information content (AvgIpc) is 2.89. The second kappa shape index (κ2) is 6.15. The second-order valence-corrected chi connectivity index (χ2v) is 6.40. The number of anilines is 1. The highest BCUT2D eigenvalue weighted by atomic mass is 16.5. The summed E-state index contributed by atoms with van der Waals surface area (Å²) in [5.74, 6) is 0.571. The van der Waals surface area contributed by atoms with Gasteiger partial charge in [0.1, 0.15) is 11.5 Å². The first-order valence-electron chi connectivity index (χ1n) is 8.37. The van der Waals surface area contributed by atoms with Gasteiger partial charge in [0.05, 0.1) is 16.8 Å². The fourth-order valence-electron chi connectivity index (χ4n) is 2.95. The maximum atomic E-state index is 12.8. The summed E-state index contributed by atoms with van der Waals surface area (Å²) < 4.78 is 5.82. The van der Waals surface area contributed by atoms with Gasteiger partial charge in [0.25, 0.3) is 11.8 Å². The third-order valence-corrected chi connectivity index (χ3v) is 4.41. The SMILES string of the molecule is Cc1ccc(Oc2ccc3c(c2)C(=O)N(c2ccc(C)cc2)C3=O)cc1. The van der Waals surface area contributed by atoms with Gasteiger partial charge in [0.2, 0.25) is 0 Å². The highest BCUT2D eigenvalue weighted by Crippen LogP contribution is 2.32. The lowest BCUT2D eigenvalue weighted by Crippen LogP contribution is -2.29. The Morgan fingerprint density at radius 2 is 1.19 bits per heavy atom. The fourth-order valence-corrected chi connectivity index (χ4v) is 2.95. The van der Waals surface area contributed by atoms with E-state index < -0.39 is 0 Å². The first-order valence-corrected chi connectivity index (χ1v) is 8.37. The maximum absolute atomic E-state index is 12.8. The van der Waals surface area contributed by atoms with E-state index >= 15 is 0 Å². The molecule has 1 aliphatic heterocycles. The lowest BCUT2D eigenvalue weighted by molar-refractivity contribution is 0.0926. The van der Waals surface area contributed by atoms with Crippen molar-refractivity contribution in [1.82, 2.24) is 0 Å². The van der Waals surface area contributed by atoms with Crippen LogP contribution < -0.4 is 9.64 Å². The van der Waals surface area contributed by atoms with E-state index in [1.54, 1.807) is 30.3 Å². The van der Waals surface area contributed by atoms with Crippen molar-refractivity contribution in [3.05, 3.63) is 89.0 Å². The zero-order valence-corrected chi connectivity index (χ0v) is 14.5. The van der Waals surface area contributed by atoms with Crippen molar-refractivity contribution in [2.75, 3.05) is 4.90 Å². The summed E-state index contributed by atoms with van der Waals surface area (Å²) in [5.41, 5.74) is 3.54. The molecule has 0 aromatic heterocycles. The Morgan fingerprint density at radius 1 is 0.654 bits per heavy atom. The maximum Gasteiger partial charge on any atom is 0.266 e. The molecule has 2 amide bonds. The molecule has 0 radical (unpaired) electrons. The van der Waals surface area contributed by atoms with Crippen LogP contribution in [-0.2, 0) is 0 Å². The van der Waals surface area contributed by atoms with Crippen LogP contribution in [0.4, 0.5) is 5.69 Å². The van der Waals surface area contributed by atoms with Crippen LogP contribution in [0.5, 0.6) is 11.5 Å². The monoisotopic (exact) mass is 343 g/mol. The molecule has 1 aliphatic rings. The molecule has 0 saturated carbocycles. The van der Waals surface area contributed by atoms with Crippen LogP contribution in [-0.4, -0.2) is 11.8 Å². The number of ether oxygens (including phenoxy) is 1. The molecule has 0 fully saturated rings. The molecule has 26 heavy (non-hydrogen) atoms. The molecule has 128 valence electrons. The lowest BCUT2D eigenvalue weighted by Gasteiger charge is -2.13. The molecule has 4 rings (SSSR count). The van der Waals surface area contributed by atoms with Gasteiger partial charge in [-0.3, -0.25) is 9.59 Å². The van der Waals surface area contributed by atoms with Crippen LogP contribution in [0.1, 0.15) is 31.8 Å². The van der Waals surface area contributed by atoms with Crippen LogP contribution in [0.15, 0.2) is 66.7 Å². The second-order valence-electron chi connectivity index (χ2n) is 6.40. The van der Waals surface area contributed by atoms with Crippen molar-refractivity contribution in [1.29, 1.82) is 0 Å². The summed E-state index contributed by atoms with van der Waals surface area (Å²) in [5, 5.41) is 0. The van der Waals surface area contributed by atoms with Gasteiger partial charge >= 0.3 is 0 Å². The smallest absolute Gasteiger partial charge is 0.266 e. The Kier molecular flexibility index (Phi) is 3.81.